The van der Waals surface area contributed by atoms with Crippen LogP contribution in [0.1, 0.15) is 25.8 Å². The number of hydrogen-bond acceptors (Lipinski definition) is 4. The molecular weight excluding hydrogens is 258 g/mol. The van der Waals surface area contributed by atoms with E-state index in [1.807, 2.05) is 26.0 Å². The molecule has 112 valence electrons. The van der Waals surface area contributed by atoms with E-state index in [0.29, 0.717) is 17.9 Å². The van der Waals surface area contributed by atoms with E-state index in [1.54, 1.807) is 20.1 Å². The number of ether oxygens (including phenoxy) is 2. The zero-order chi connectivity index (χ0) is 15.2. The molecule has 0 aliphatic rings. The number of rotatable bonds is 7. The SMILES string of the molecule is CCC(C)(CO)NC(=O)COc1ccc(C)cc1OC. The molecule has 20 heavy (non-hydrogen) atoms. The Morgan fingerprint density at radius 3 is 2.65 bits per heavy atom. The van der Waals surface area contributed by atoms with Crippen molar-refractivity contribution in [2.45, 2.75) is 32.7 Å². The van der Waals surface area contributed by atoms with Gasteiger partial charge in [-0.2, -0.15) is 0 Å². The maximum Gasteiger partial charge on any atom is 0.258 e. The van der Waals surface area contributed by atoms with Gasteiger partial charge in [-0.25, -0.2) is 0 Å². The molecule has 0 bridgehead atoms. The van der Waals surface area contributed by atoms with Crippen LogP contribution in [0.3, 0.4) is 0 Å². The van der Waals surface area contributed by atoms with Crippen LogP contribution in [0, 0.1) is 6.92 Å². The van der Waals surface area contributed by atoms with Crippen LogP contribution in [0.25, 0.3) is 0 Å². The molecule has 0 heterocycles. The lowest BCUT2D eigenvalue weighted by Gasteiger charge is -2.27. The van der Waals surface area contributed by atoms with Crippen molar-refractivity contribution in [3.8, 4) is 11.5 Å². The van der Waals surface area contributed by atoms with Crippen LogP contribution in [0.4, 0.5) is 0 Å². The molecule has 0 aliphatic carbocycles. The molecule has 2 N–H and O–H groups in total. The number of aliphatic hydroxyl groups is 1. The van der Waals surface area contributed by atoms with Crippen molar-refractivity contribution in [3.63, 3.8) is 0 Å². The summed E-state index contributed by atoms with van der Waals surface area (Å²) in [6, 6.07) is 5.50. The normalized spacial score (nSPS) is 13.4. The van der Waals surface area contributed by atoms with Gasteiger partial charge in [-0.1, -0.05) is 13.0 Å². The van der Waals surface area contributed by atoms with Crippen LogP contribution >= 0.6 is 0 Å². The number of amides is 1. The van der Waals surface area contributed by atoms with E-state index in [0.717, 1.165) is 5.56 Å². The van der Waals surface area contributed by atoms with Gasteiger partial charge in [-0.05, 0) is 38.0 Å². The molecule has 1 amide bonds. The molecule has 0 aliphatic heterocycles. The number of methoxy groups -OCH3 is 1. The van der Waals surface area contributed by atoms with E-state index >= 15 is 0 Å². The standard InChI is InChI=1S/C15H23NO4/c1-5-15(3,10-17)16-14(18)9-20-12-7-6-11(2)8-13(12)19-4/h6-8,17H,5,9-10H2,1-4H3,(H,16,18). The molecule has 0 saturated carbocycles. The van der Waals surface area contributed by atoms with Gasteiger partial charge in [0, 0.05) is 0 Å². The Bertz CT molecular complexity index is 455. The Morgan fingerprint density at radius 1 is 1.40 bits per heavy atom. The second-order valence-electron chi connectivity index (χ2n) is 5.06. The molecule has 5 heteroatoms. The fourth-order valence-electron chi connectivity index (χ4n) is 1.65. The average molecular weight is 281 g/mol. The summed E-state index contributed by atoms with van der Waals surface area (Å²) < 4.78 is 10.7. The minimum atomic E-state index is -0.613. The maximum absolute atomic E-state index is 11.8. The van der Waals surface area contributed by atoms with Crippen molar-refractivity contribution in [2.24, 2.45) is 0 Å². The predicted octanol–water partition coefficient (Wildman–Crippen LogP) is 1.66. The Hall–Kier alpha value is -1.75. The first-order valence-corrected chi connectivity index (χ1v) is 6.63. The predicted molar refractivity (Wildman–Crippen MR) is 77.2 cm³/mol. The largest absolute Gasteiger partial charge is 0.493 e. The first-order chi connectivity index (χ1) is 9.44. The van der Waals surface area contributed by atoms with Crippen molar-refractivity contribution in [1.29, 1.82) is 0 Å². The van der Waals surface area contributed by atoms with Gasteiger partial charge in [0.25, 0.3) is 5.91 Å². The Balaban J connectivity index is 2.61. The fraction of sp³-hybridized carbons (Fsp3) is 0.533. The molecule has 0 fully saturated rings. The minimum Gasteiger partial charge on any atom is -0.493 e. The third kappa shape index (κ3) is 4.42. The van der Waals surface area contributed by atoms with Crippen LogP contribution in [0.5, 0.6) is 11.5 Å². The molecule has 5 nitrogen and oxygen atoms in total. The zero-order valence-corrected chi connectivity index (χ0v) is 12.5. The van der Waals surface area contributed by atoms with Crippen LogP contribution < -0.4 is 14.8 Å². The first kappa shape index (κ1) is 16.3. The van der Waals surface area contributed by atoms with Gasteiger partial charge in [0.15, 0.2) is 18.1 Å². The summed E-state index contributed by atoms with van der Waals surface area (Å²) in [5, 5.41) is 12.0. The van der Waals surface area contributed by atoms with Crippen LogP contribution in [0.2, 0.25) is 0 Å². The smallest absolute Gasteiger partial charge is 0.258 e. The highest BCUT2D eigenvalue weighted by molar-refractivity contribution is 5.78. The number of aryl methyl sites for hydroxylation is 1. The van der Waals surface area contributed by atoms with E-state index in [-0.39, 0.29) is 19.1 Å². The molecule has 0 aromatic heterocycles. The van der Waals surface area contributed by atoms with Crippen LogP contribution in [0.15, 0.2) is 18.2 Å². The topological polar surface area (TPSA) is 67.8 Å². The van der Waals surface area contributed by atoms with E-state index < -0.39 is 5.54 Å². The molecule has 0 radical (unpaired) electrons. The van der Waals surface area contributed by atoms with Crippen molar-refractivity contribution < 1.29 is 19.4 Å². The minimum absolute atomic E-state index is 0.108. The monoisotopic (exact) mass is 281 g/mol. The lowest BCUT2D eigenvalue weighted by atomic mass is 10.0. The average Bonchev–Trinajstić information content (AvgIpc) is 2.45. The van der Waals surface area contributed by atoms with Gasteiger partial charge in [-0.3, -0.25) is 4.79 Å². The molecule has 1 aromatic rings. The summed E-state index contributed by atoms with van der Waals surface area (Å²) in [4.78, 5) is 11.8. The second kappa shape index (κ2) is 7.14. The molecule has 0 saturated heterocycles. The molecule has 1 atom stereocenters. The van der Waals surface area contributed by atoms with E-state index in [2.05, 4.69) is 5.32 Å². The highest BCUT2D eigenvalue weighted by atomic mass is 16.5. The van der Waals surface area contributed by atoms with Gasteiger partial charge < -0.3 is 19.9 Å². The van der Waals surface area contributed by atoms with E-state index in [9.17, 15) is 9.90 Å². The number of carbonyl (C=O) groups excluding carboxylic acids is 1. The molecule has 1 rings (SSSR count). The molecular formula is C15H23NO4. The summed E-state index contributed by atoms with van der Waals surface area (Å²) in [5.74, 6) is 0.847. The Kier molecular flexibility index (Phi) is 5.82. The number of benzene rings is 1. The molecule has 1 aromatic carbocycles. The third-order valence-electron chi connectivity index (χ3n) is 3.25. The van der Waals surface area contributed by atoms with Crippen molar-refractivity contribution >= 4 is 5.91 Å². The summed E-state index contributed by atoms with van der Waals surface area (Å²) in [5.41, 5.74) is 0.440. The summed E-state index contributed by atoms with van der Waals surface area (Å²) in [7, 11) is 1.56. The van der Waals surface area contributed by atoms with Gasteiger partial charge in [-0.15, -0.1) is 0 Å². The summed E-state index contributed by atoms with van der Waals surface area (Å²) >= 11 is 0. The highest BCUT2D eigenvalue weighted by Gasteiger charge is 2.23. The van der Waals surface area contributed by atoms with Gasteiger partial charge in [0.05, 0.1) is 19.3 Å². The number of nitrogens with one attached hydrogen (secondary N) is 1. The van der Waals surface area contributed by atoms with Gasteiger partial charge in [0.1, 0.15) is 0 Å². The lowest BCUT2D eigenvalue weighted by molar-refractivity contribution is -0.125. The number of aliphatic hydroxyl groups excluding tert-OH is 1. The first-order valence-electron chi connectivity index (χ1n) is 6.63. The lowest BCUT2D eigenvalue weighted by Crippen LogP contribution is -2.49. The van der Waals surface area contributed by atoms with Crippen LogP contribution in [-0.2, 0) is 4.79 Å². The van der Waals surface area contributed by atoms with Crippen molar-refractivity contribution in [1.82, 2.24) is 5.32 Å². The van der Waals surface area contributed by atoms with Crippen LogP contribution in [-0.4, -0.2) is 36.9 Å². The fourth-order valence-corrected chi connectivity index (χ4v) is 1.65. The molecule has 1 unspecified atom stereocenters. The van der Waals surface area contributed by atoms with Gasteiger partial charge >= 0.3 is 0 Å². The Morgan fingerprint density at radius 2 is 2.10 bits per heavy atom. The second-order valence-corrected chi connectivity index (χ2v) is 5.06. The highest BCUT2D eigenvalue weighted by Crippen LogP contribution is 2.27. The summed E-state index contributed by atoms with van der Waals surface area (Å²) in [6.45, 7) is 5.42. The number of carbonyl (C=O) groups is 1. The quantitative estimate of drug-likeness (QED) is 0.797. The molecule has 0 spiro atoms. The number of hydrogen-bond donors (Lipinski definition) is 2. The Labute approximate surface area is 119 Å². The third-order valence-corrected chi connectivity index (χ3v) is 3.25. The zero-order valence-electron chi connectivity index (χ0n) is 12.5. The van der Waals surface area contributed by atoms with Crippen molar-refractivity contribution in [3.05, 3.63) is 23.8 Å². The van der Waals surface area contributed by atoms with Crippen molar-refractivity contribution in [2.75, 3.05) is 20.3 Å². The summed E-state index contributed by atoms with van der Waals surface area (Å²) in [6.07, 6.45) is 0.642. The van der Waals surface area contributed by atoms with E-state index in [4.69, 9.17) is 9.47 Å². The maximum atomic E-state index is 11.8. The van der Waals surface area contributed by atoms with E-state index in [1.165, 1.54) is 0 Å². The van der Waals surface area contributed by atoms with Gasteiger partial charge in [0.2, 0.25) is 0 Å².